The van der Waals surface area contributed by atoms with Crippen LogP contribution in [-0.4, -0.2) is 30.3 Å². The fourth-order valence-corrected chi connectivity index (χ4v) is 4.59. The summed E-state index contributed by atoms with van der Waals surface area (Å²) in [7, 11) is 0. The van der Waals surface area contributed by atoms with Gasteiger partial charge in [0, 0.05) is 35.2 Å². The zero-order chi connectivity index (χ0) is 22.7. The van der Waals surface area contributed by atoms with E-state index in [1.165, 1.54) is 12.1 Å². The van der Waals surface area contributed by atoms with E-state index in [9.17, 15) is 9.18 Å². The number of carbonyl (C=O) groups excluding carboxylic acids is 1. The quantitative estimate of drug-likeness (QED) is 0.420. The maximum Gasteiger partial charge on any atom is 0.237 e. The molecule has 1 atom stereocenters. The second kappa shape index (κ2) is 10.2. The van der Waals surface area contributed by atoms with Crippen molar-refractivity contribution in [1.82, 2.24) is 10.4 Å². The van der Waals surface area contributed by atoms with Gasteiger partial charge >= 0.3 is 0 Å². The fourth-order valence-electron chi connectivity index (χ4n) is 3.69. The first-order chi connectivity index (χ1) is 15.4. The number of benzene rings is 3. The van der Waals surface area contributed by atoms with Crippen LogP contribution in [0.5, 0.6) is 0 Å². The second-order valence-electron chi connectivity index (χ2n) is 7.53. The molecule has 0 radical (unpaired) electrons. The average Bonchev–Trinajstić information content (AvgIpc) is 3.26. The summed E-state index contributed by atoms with van der Waals surface area (Å²) in [6.45, 7) is 1.61. The van der Waals surface area contributed by atoms with E-state index in [0.29, 0.717) is 35.4 Å². The van der Waals surface area contributed by atoms with Gasteiger partial charge in [-0.05, 0) is 66.4 Å². The topological polar surface area (TPSA) is 35.6 Å². The van der Waals surface area contributed by atoms with Crippen molar-refractivity contribution in [2.45, 2.75) is 11.4 Å². The Hall–Kier alpha value is -2.09. The molecule has 4 nitrogen and oxygen atoms in total. The van der Waals surface area contributed by atoms with Gasteiger partial charge in [0.2, 0.25) is 5.91 Å². The first-order valence-electron chi connectivity index (χ1n) is 10.1. The second-order valence-corrected chi connectivity index (χ2v) is 9.26. The van der Waals surface area contributed by atoms with Gasteiger partial charge in [0.15, 0.2) is 0 Å². The molecule has 0 bridgehead atoms. The van der Waals surface area contributed by atoms with Crippen LogP contribution in [-0.2, 0) is 11.3 Å². The number of hydrogen-bond acceptors (Lipinski definition) is 4. The lowest BCUT2D eigenvalue weighted by Gasteiger charge is -2.27. The first kappa shape index (κ1) is 23.1. The standard InChI is InChI=1S/C24H22Cl2FN3OS/c1-32-21-9-7-20(8-10-21)30(23-11-4-18(25)12-22(23)26)24(31)17-13-28-29(15-17)14-16-2-5-19(27)6-3-16/h2-12,17,28H,13-15H2,1H3. The van der Waals surface area contributed by atoms with E-state index in [1.807, 2.05) is 35.5 Å². The smallest absolute Gasteiger partial charge is 0.237 e. The Morgan fingerprint density at radius 3 is 2.50 bits per heavy atom. The molecule has 166 valence electrons. The SMILES string of the molecule is CSc1ccc(N(C(=O)C2CNN(Cc3ccc(F)cc3)C2)c2ccc(Cl)cc2Cl)cc1. The van der Waals surface area contributed by atoms with Crippen LogP contribution in [0.3, 0.4) is 0 Å². The van der Waals surface area contributed by atoms with Gasteiger partial charge in [0.1, 0.15) is 5.82 Å². The summed E-state index contributed by atoms with van der Waals surface area (Å²) in [5.41, 5.74) is 5.59. The normalized spacial score (nSPS) is 16.3. The van der Waals surface area contributed by atoms with Gasteiger partial charge in [-0.1, -0.05) is 35.3 Å². The molecule has 1 unspecified atom stereocenters. The summed E-state index contributed by atoms with van der Waals surface area (Å²) in [6.07, 6.45) is 2.01. The minimum absolute atomic E-state index is 0.0553. The zero-order valence-electron chi connectivity index (χ0n) is 17.4. The van der Waals surface area contributed by atoms with Gasteiger partial charge in [-0.2, -0.15) is 0 Å². The van der Waals surface area contributed by atoms with Crippen LogP contribution in [0.4, 0.5) is 15.8 Å². The molecule has 3 aromatic rings. The Morgan fingerprint density at radius 2 is 1.84 bits per heavy atom. The lowest BCUT2D eigenvalue weighted by atomic mass is 10.1. The van der Waals surface area contributed by atoms with Crippen LogP contribution >= 0.6 is 35.0 Å². The lowest BCUT2D eigenvalue weighted by Crippen LogP contribution is -2.35. The average molecular weight is 490 g/mol. The Kier molecular flexibility index (Phi) is 7.38. The highest BCUT2D eigenvalue weighted by molar-refractivity contribution is 7.98. The molecule has 0 spiro atoms. The summed E-state index contributed by atoms with van der Waals surface area (Å²) in [6, 6.07) is 19.3. The summed E-state index contributed by atoms with van der Waals surface area (Å²) in [5, 5.41) is 2.90. The van der Waals surface area contributed by atoms with E-state index < -0.39 is 0 Å². The number of anilines is 2. The molecule has 1 heterocycles. The third-order valence-corrected chi connectivity index (χ3v) is 6.62. The van der Waals surface area contributed by atoms with Crippen molar-refractivity contribution in [1.29, 1.82) is 0 Å². The molecule has 0 saturated carbocycles. The molecule has 3 aromatic carbocycles. The number of thioether (sulfide) groups is 1. The van der Waals surface area contributed by atoms with Crippen LogP contribution in [0.15, 0.2) is 71.6 Å². The highest BCUT2D eigenvalue weighted by Gasteiger charge is 2.33. The number of hydrogen-bond donors (Lipinski definition) is 1. The minimum Gasteiger partial charge on any atom is -0.279 e. The number of nitrogens with one attached hydrogen (secondary N) is 1. The highest BCUT2D eigenvalue weighted by Crippen LogP contribution is 2.36. The van der Waals surface area contributed by atoms with Crippen LogP contribution in [0.2, 0.25) is 10.0 Å². The number of rotatable bonds is 6. The monoisotopic (exact) mass is 489 g/mol. The molecule has 1 saturated heterocycles. The minimum atomic E-state index is -0.276. The predicted molar refractivity (Wildman–Crippen MR) is 130 cm³/mol. The van der Waals surface area contributed by atoms with Crippen LogP contribution in [0.25, 0.3) is 0 Å². The first-order valence-corrected chi connectivity index (χ1v) is 12.1. The van der Waals surface area contributed by atoms with Gasteiger partial charge in [-0.25, -0.2) is 9.40 Å². The van der Waals surface area contributed by atoms with E-state index in [2.05, 4.69) is 5.43 Å². The maximum absolute atomic E-state index is 13.7. The molecular weight excluding hydrogens is 468 g/mol. The van der Waals surface area contributed by atoms with Crippen molar-refractivity contribution in [3.63, 3.8) is 0 Å². The highest BCUT2D eigenvalue weighted by atomic mass is 35.5. The number of hydrazine groups is 1. The summed E-state index contributed by atoms with van der Waals surface area (Å²) >= 11 is 14.2. The molecule has 1 aliphatic rings. The lowest BCUT2D eigenvalue weighted by molar-refractivity contribution is -0.121. The van der Waals surface area contributed by atoms with Crippen molar-refractivity contribution in [3.8, 4) is 0 Å². The third-order valence-electron chi connectivity index (χ3n) is 5.34. The van der Waals surface area contributed by atoms with E-state index >= 15 is 0 Å². The number of carbonyl (C=O) groups is 1. The number of amides is 1. The fraction of sp³-hybridized carbons (Fsp3) is 0.208. The van der Waals surface area contributed by atoms with Gasteiger partial charge in [-0.15, -0.1) is 11.8 Å². The van der Waals surface area contributed by atoms with Gasteiger partial charge in [-0.3, -0.25) is 15.1 Å². The van der Waals surface area contributed by atoms with Crippen molar-refractivity contribution >= 4 is 52.2 Å². The number of nitrogens with zero attached hydrogens (tertiary/aromatic N) is 2. The molecule has 1 N–H and O–H groups in total. The third kappa shape index (κ3) is 5.27. The maximum atomic E-state index is 13.7. The summed E-state index contributed by atoms with van der Waals surface area (Å²) < 4.78 is 13.2. The zero-order valence-corrected chi connectivity index (χ0v) is 19.7. The predicted octanol–water partition coefficient (Wildman–Crippen LogP) is 6.16. The van der Waals surface area contributed by atoms with Gasteiger partial charge in [0.05, 0.1) is 16.6 Å². The van der Waals surface area contributed by atoms with E-state index in [0.717, 1.165) is 16.1 Å². The Labute approximate surface area is 201 Å². The van der Waals surface area contributed by atoms with E-state index in [-0.39, 0.29) is 17.6 Å². The molecule has 4 rings (SSSR count). The van der Waals surface area contributed by atoms with Gasteiger partial charge < -0.3 is 0 Å². The van der Waals surface area contributed by atoms with Crippen molar-refractivity contribution in [3.05, 3.63) is 88.2 Å². The van der Waals surface area contributed by atoms with Crippen molar-refractivity contribution in [2.24, 2.45) is 5.92 Å². The molecule has 1 amide bonds. The molecule has 0 aromatic heterocycles. The van der Waals surface area contributed by atoms with E-state index in [4.69, 9.17) is 23.2 Å². The Balaban J connectivity index is 1.57. The van der Waals surface area contributed by atoms with E-state index in [1.54, 1.807) is 47.0 Å². The summed E-state index contributed by atoms with van der Waals surface area (Å²) in [4.78, 5) is 16.5. The number of halogens is 3. The molecule has 1 fully saturated rings. The van der Waals surface area contributed by atoms with Crippen LogP contribution < -0.4 is 10.3 Å². The van der Waals surface area contributed by atoms with Crippen molar-refractivity contribution in [2.75, 3.05) is 24.2 Å². The van der Waals surface area contributed by atoms with Crippen LogP contribution in [0, 0.1) is 11.7 Å². The van der Waals surface area contributed by atoms with Crippen LogP contribution in [0.1, 0.15) is 5.56 Å². The molecule has 8 heteroatoms. The van der Waals surface area contributed by atoms with Crippen molar-refractivity contribution < 1.29 is 9.18 Å². The largest absolute Gasteiger partial charge is 0.279 e. The molecular formula is C24H22Cl2FN3OS. The molecule has 1 aliphatic heterocycles. The Bertz CT molecular complexity index is 1100. The molecule has 32 heavy (non-hydrogen) atoms. The Morgan fingerprint density at radius 1 is 1.12 bits per heavy atom. The summed E-state index contributed by atoms with van der Waals surface area (Å²) in [5.74, 6) is -0.596. The van der Waals surface area contributed by atoms with Gasteiger partial charge in [0.25, 0.3) is 0 Å². The molecule has 0 aliphatic carbocycles.